The zero-order valence-electron chi connectivity index (χ0n) is 10.8. The number of carbonyl (C=O) groups is 1. The van der Waals surface area contributed by atoms with Crippen LogP contribution in [0.5, 0.6) is 0 Å². The highest BCUT2D eigenvalue weighted by Gasteiger charge is 2.10. The first-order chi connectivity index (χ1) is 9.20. The molecule has 1 amide bonds. The van der Waals surface area contributed by atoms with E-state index in [0.717, 1.165) is 17.7 Å². The summed E-state index contributed by atoms with van der Waals surface area (Å²) in [5.41, 5.74) is 7.68. The molecule has 0 aliphatic carbocycles. The number of amides is 1. The average Bonchev–Trinajstić information content (AvgIpc) is 2.88. The molecule has 0 aliphatic rings. The number of rotatable bonds is 5. The molecule has 0 aliphatic heterocycles. The lowest BCUT2D eigenvalue weighted by Gasteiger charge is -2.01. The summed E-state index contributed by atoms with van der Waals surface area (Å²) in [4.78, 5) is 11.8. The molecule has 0 atom stereocenters. The van der Waals surface area contributed by atoms with Crippen LogP contribution in [0.3, 0.4) is 0 Å². The van der Waals surface area contributed by atoms with Gasteiger partial charge in [0.25, 0.3) is 5.91 Å². The van der Waals surface area contributed by atoms with Crippen LogP contribution in [0.4, 0.5) is 0 Å². The first-order valence-electron chi connectivity index (χ1n) is 6.18. The zero-order chi connectivity index (χ0) is 13.7. The summed E-state index contributed by atoms with van der Waals surface area (Å²) in [5.74, 6) is -0.229. The van der Waals surface area contributed by atoms with Gasteiger partial charge in [-0.15, -0.1) is 5.10 Å². The first kappa shape index (κ1) is 13.2. The zero-order valence-corrected chi connectivity index (χ0v) is 10.8. The summed E-state index contributed by atoms with van der Waals surface area (Å²) >= 11 is 0. The van der Waals surface area contributed by atoms with Crippen molar-refractivity contribution in [3.8, 4) is 5.69 Å². The Kier molecular flexibility index (Phi) is 4.25. The van der Waals surface area contributed by atoms with Crippen molar-refractivity contribution in [2.45, 2.75) is 13.3 Å². The fraction of sp³-hybridized carbons (Fsp3) is 0.308. The second-order valence-electron chi connectivity index (χ2n) is 4.29. The molecule has 0 fully saturated rings. The Morgan fingerprint density at radius 1 is 1.47 bits per heavy atom. The van der Waals surface area contributed by atoms with Gasteiger partial charge in [0.1, 0.15) is 0 Å². The highest BCUT2D eigenvalue weighted by Crippen LogP contribution is 2.09. The van der Waals surface area contributed by atoms with Crippen molar-refractivity contribution in [3.05, 3.63) is 41.7 Å². The summed E-state index contributed by atoms with van der Waals surface area (Å²) in [6.45, 7) is 3.10. The molecule has 6 heteroatoms. The molecule has 1 heterocycles. The van der Waals surface area contributed by atoms with Gasteiger partial charge < -0.3 is 11.1 Å². The van der Waals surface area contributed by atoms with E-state index in [1.807, 2.05) is 31.2 Å². The van der Waals surface area contributed by atoms with E-state index in [2.05, 4.69) is 15.6 Å². The number of aryl methyl sites for hydroxylation is 1. The monoisotopic (exact) mass is 259 g/mol. The van der Waals surface area contributed by atoms with Gasteiger partial charge in [-0.05, 0) is 37.6 Å². The first-order valence-corrected chi connectivity index (χ1v) is 6.18. The van der Waals surface area contributed by atoms with E-state index in [-0.39, 0.29) is 5.91 Å². The molecule has 3 N–H and O–H groups in total. The van der Waals surface area contributed by atoms with E-state index in [1.54, 1.807) is 10.9 Å². The summed E-state index contributed by atoms with van der Waals surface area (Å²) in [6.07, 6.45) is 2.37. The second kappa shape index (κ2) is 6.10. The number of benzene rings is 1. The molecule has 100 valence electrons. The highest BCUT2D eigenvalue weighted by molar-refractivity contribution is 5.91. The van der Waals surface area contributed by atoms with Crippen molar-refractivity contribution in [2.75, 3.05) is 13.1 Å². The number of aromatic nitrogens is 3. The number of hydrogen-bond acceptors (Lipinski definition) is 4. The van der Waals surface area contributed by atoms with Crippen molar-refractivity contribution in [1.82, 2.24) is 20.3 Å². The van der Waals surface area contributed by atoms with Crippen LogP contribution in [-0.2, 0) is 0 Å². The van der Waals surface area contributed by atoms with Gasteiger partial charge in [-0.1, -0.05) is 17.3 Å². The van der Waals surface area contributed by atoms with E-state index in [9.17, 15) is 4.79 Å². The molecule has 2 rings (SSSR count). The third kappa shape index (κ3) is 3.38. The lowest BCUT2D eigenvalue weighted by molar-refractivity contribution is 0.0948. The van der Waals surface area contributed by atoms with Crippen LogP contribution in [0.25, 0.3) is 5.69 Å². The van der Waals surface area contributed by atoms with Gasteiger partial charge in [0.2, 0.25) is 0 Å². The molecule has 6 nitrogen and oxygen atoms in total. The Hall–Kier alpha value is -2.21. The van der Waals surface area contributed by atoms with E-state index < -0.39 is 0 Å². The number of nitrogens with two attached hydrogens (primary N) is 1. The Labute approximate surface area is 111 Å². The molecule has 0 saturated carbocycles. The van der Waals surface area contributed by atoms with Gasteiger partial charge in [-0.25, -0.2) is 4.68 Å². The van der Waals surface area contributed by atoms with E-state index in [4.69, 9.17) is 5.73 Å². The van der Waals surface area contributed by atoms with Crippen LogP contribution in [0, 0.1) is 6.92 Å². The highest BCUT2D eigenvalue weighted by atomic mass is 16.2. The van der Waals surface area contributed by atoms with Gasteiger partial charge in [0.05, 0.1) is 11.9 Å². The molecular weight excluding hydrogens is 242 g/mol. The smallest absolute Gasteiger partial charge is 0.273 e. The van der Waals surface area contributed by atoms with E-state index in [1.165, 1.54) is 0 Å². The lowest BCUT2D eigenvalue weighted by atomic mass is 10.2. The number of hydrogen-bond donors (Lipinski definition) is 2. The molecule has 0 bridgehead atoms. The topological polar surface area (TPSA) is 85.8 Å². The minimum Gasteiger partial charge on any atom is -0.351 e. The van der Waals surface area contributed by atoms with Crippen molar-refractivity contribution in [1.29, 1.82) is 0 Å². The fourth-order valence-electron chi connectivity index (χ4n) is 1.66. The maximum Gasteiger partial charge on any atom is 0.273 e. The molecule has 0 radical (unpaired) electrons. The van der Waals surface area contributed by atoms with Crippen molar-refractivity contribution in [2.24, 2.45) is 5.73 Å². The van der Waals surface area contributed by atoms with Crippen LogP contribution >= 0.6 is 0 Å². The Morgan fingerprint density at radius 2 is 2.32 bits per heavy atom. The quantitative estimate of drug-likeness (QED) is 0.772. The normalized spacial score (nSPS) is 10.4. The Balaban J connectivity index is 2.08. The van der Waals surface area contributed by atoms with Crippen molar-refractivity contribution < 1.29 is 4.79 Å². The van der Waals surface area contributed by atoms with Crippen LogP contribution in [0.2, 0.25) is 0 Å². The predicted molar refractivity (Wildman–Crippen MR) is 72.1 cm³/mol. The molecule has 0 saturated heterocycles. The van der Waals surface area contributed by atoms with Crippen LogP contribution in [-0.4, -0.2) is 34.0 Å². The summed E-state index contributed by atoms with van der Waals surface area (Å²) in [6, 6.07) is 7.83. The van der Waals surface area contributed by atoms with E-state index in [0.29, 0.717) is 18.8 Å². The van der Waals surface area contributed by atoms with Gasteiger partial charge in [-0.3, -0.25) is 4.79 Å². The third-order valence-corrected chi connectivity index (χ3v) is 2.66. The van der Waals surface area contributed by atoms with Crippen molar-refractivity contribution >= 4 is 5.91 Å². The SMILES string of the molecule is Cc1cccc(-n2cc(C(=O)NCCCN)nn2)c1. The van der Waals surface area contributed by atoms with Crippen LogP contribution in [0.1, 0.15) is 22.5 Å². The van der Waals surface area contributed by atoms with Gasteiger partial charge >= 0.3 is 0 Å². The largest absolute Gasteiger partial charge is 0.351 e. The van der Waals surface area contributed by atoms with E-state index >= 15 is 0 Å². The van der Waals surface area contributed by atoms with Crippen LogP contribution in [0.15, 0.2) is 30.5 Å². The second-order valence-corrected chi connectivity index (χ2v) is 4.29. The number of nitrogens with zero attached hydrogens (tertiary/aromatic N) is 3. The van der Waals surface area contributed by atoms with Gasteiger partial charge in [0, 0.05) is 6.54 Å². The minimum atomic E-state index is -0.229. The molecular formula is C13H17N5O. The molecule has 0 unspecified atom stereocenters. The van der Waals surface area contributed by atoms with Crippen molar-refractivity contribution in [3.63, 3.8) is 0 Å². The average molecular weight is 259 g/mol. The minimum absolute atomic E-state index is 0.229. The molecule has 1 aromatic carbocycles. The lowest BCUT2D eigenvalue weighted by Crippen LogP contribution is -2.26. The standard InChI is InChI=1S/C13H17N5O/c1-10-4-2-5-11(8-10)18-9-12(16-17-18)13(19)15-7-3-6-14/h2,4-5,8-9H,3,6-7,14H2,1H3,(H,15,19). The maximum atomic E-state index is 11.8. The number of carbonyl (C=O) groups excluding carboxylic acids is 1. The fourth-order valence-corrected chi connectivity index (χ4v) is 1.66. The predicted octanol–water partition coefficient (Wildman–Crippen LogP) is 0.654. The van der Waals surface area contributed by atoms with Gasteiger partial charge in [0.15, 0.2) is 5.69 Å². The number of nitrogens with one attached hydrogen (secondary N) is 1. The maximum absolute atomic E-state index is 11.8. The molecule has 0 spiro atoms. The molecule has 1 aromatic heterocycles. The molecule has 19 heavy (non-hydrogen) atoms. The van der Waals surface area contributed by atoms with Gasteiger partial charge in [-0.2, -0.15) is 0 Å². The Morgan fingerprint density at radius 3 is 3.05 bits per heavy atom. The summed E-state index contributed by atoms with van der Waals surface area (Å²) in [5, 5.41) is 10.6. The summed E-state index contributed by atoms with van der Waals surface area (Å²) in [7, 11) is 0. The van der Waals surface area contributed by atoms with Crippen LogP contribution < -0.4 is 11.1 Å². The third-order valence-electron chi connectivity index (χ3n) is 2.66. The molecule has 2 aromatic rings. The Bertz CT molecular complexity index is 564. The summed E-state index contributed by atoms with van der Waals surface area (Å²) < 4.78 is 1.59.